The van der Waals surface area contributed by atoms with Crippen molar-refractivity contribution in [3.8, 4) is 11.1 Å². The Balaban J connectivity index is 0.667. The van der Waals surface area contributed by atoms with E-state index in [-0.39, 0.29) is 103 Å². The van der Waals surface area contributed by atoms with Gasteiger partial charge >= 0.3 is 18.0 Å². The molecule has 28 nitrogen and oxygen atoms in total. The molecule has 4 aliphatic carbocycles. The number of pyridine rings is 1. The number of unbranched alkanes of at least 4 members (excludes halogenated alkanes) is 2. The lowest BCUT2D eigenvalue weighted by molar-refractivity contribution is -0.248. The largest absolute Gasteiger partial charge is 0.479 e. The molecule has 3 aliphatic heterocycles. The molecule has 2 unspecified atom stereocenters. The van der Waals surface area contributed by atoms with Gasteiger partial charge < -0.3 is 65.5 Å². The summed E-state index contributed by atoms with van der Waals surface area (Å²) >= 11 is 1.40. The van der Waals surface area contributed by atoms with Crippen molar-refractivity contribution in [2.75, 3.05) is 48.8 Å². The molecule has 9 atom stereocenters. The highest BCUT2D eigenvalue weighted by Gasteiger charge is 2.66. The average Bonchev–Trinajstić information content (AvgIpc) is 0.697. The van der Waals surface area contributed by atoms with E-state index in [0.29, 0.717) is 84.1 Å². The molecule has 3 aromatic heterocycles. The van der Waals surface area contributed by atoms with Gasteiger partial charge in [-0.05, 0) is 171 Å². The number of carbonyl (C=O) groups excluding carboxylic acids is 7. The topological polar surface area (TPSA) is 384 Å². The minimum atomic E-state index is -1.90. The second kappa shape index (κ2) is 31.1. The number of aliphatic hydroxyl groups excluding tert-OH is 3. The summed E-state index contributed by atoms with van der Waals surface area (Å²) in [7, 11) is 1.61. The number of para-hydroxylation sites is 1. The number of aryl methyl sites for hydroxylation is 1. The number of carbonyl (C=O) groups is 9. The number of carboxylic acids is 2. The van der Waals surface area contributed by atoms with Crippen LogP contribution in [-0.2, 0) is 75.5 Å². The lowest BCUT2D eigenvalue weighted by Crippen LogP contribution is -2.64. The molecule has 13 rings (SSSR count). The first-order chi connectivity index (χ1) is 50.4. The molecule has 4 bridgehead atoms. The average molecular weight is 1480 g/mol. The molecule has 1 saturated heterocycles. The second-order valence-electron chi connectivity index (χ2n) is 30.8. The van der Waals surface area contributed by atoms with Crippen LogP contribution in [0.25, 0.3) is 21.3 Å². The van der Waals surface area contributed by atoms with Crippen LogP contribution in [0.3, 0.4) is 0 Å². The van der Waals surface area contributed by atoms with Crippen molar-refractivity contribution in [2.24, 2.45) is 22.2 Å². The lowest BCUT2D eigenvalue weighted by Gasteiger charge is -2.69. The number of aliphatic carboxylic acids is 1. The van der Waals surface area contributed by atoms with E-state index in [0.717, 1.165) is 70.5 Å². The predicted octanol–water partition coefficient (Wildman–Crippen LogP) is 7.72. The molecular formula is C77H93N11O17S. The monoisotopic (exact) mass is 1480 g/mol. The number of thiazole rings is 1. The molecule has 3 aromatic carbocycles. The van der Waals surface area contributed by atoms with Crippen molar-refractivity contribution in [1.82, 2.24) is 40.2 Å². The minimum Gasteiger partial charge on any atom is -0.479 e. The fourth-order valence-corrected chi connectivity index (χ4v) is 18.6. The molecule has 106 heavy (non-hydrogen) atoms. The summed E-state index contributed by atoms with van der Waals surface area (Å²) in [5.74, 6) is -5.25. The van der Waals surface area contributed by atoms with Crippen LogP contribution < -0.4 is 26.2 Å². The number of aromatic carboxylic acids is 1. The van der Waals surface area contributed by atoms with Gasteiger partial charge in [-0.3, -0.25) is 43.7 Å². The van der Waals surface area contributed by atoms with E-state index in [1.54, 1.807) is 57.4 Å². The van der Waals surface area contributed by atoms with Gasteiger partial charge in [0.2, 0.25) is 17.7 Å². The van der Waals surface area contributed by atoms with Crippen LogP contribution in [0.5, 0.6) is 0 Å². The molecule has 29 heteroatoms. The number of nitrogens with zero attached hydrogens (tertiary/aromatic N) is 7. The van der Waals surface area contributed by atoms with Crippen LogP contribution in [0.4, 0.5) is 21.4 Å². The predicted molar refractivity (Wildman–Crippen MR) is 390 cm³/mol. The molecule has 7 aliphatic rings. The Morgan fingerprint density at radius 2 is 1.54 bits per heavy atom. The molecule has 5 fully saturated rings. The highest BCUT2D eigenvalue weighted by molar-refractivity contribution is 7.22. The summed E-state index contributed by atoms with van der Waals surface area (Å²) in [4.78, 5) is 131. The molecule has 0 radical (unpaired) electrons. The van der Waals surface area contributed by atoms with Gasteiger partial charge in [-0.2, -0.15) is 5.10 Å². The zero-order valence-corrected chi connectivity index (χ0v) is 61.4. The lowest BCUT2D eigenvalue weighted by atomic mass is 9.39. The Hall–Kier alpha value is -9.52. The number of hydrogen-bond donors (Lipinski definition) is 9. The van der Waals surface area contributed by atoms with Crippen molar-refractivity contribution in [1.29, 1.82) is 0 Å². The maximum absolute atomic E-state index is 13.9. The summed E-state index contributed by atoms with van der Waals surface area (Å²) in [6.45, 7) is 13.4. The number of nitrogens with one attached hydrogen (secondary N) is 4. The Bertz CT molecular complexity index is 4370. The van der Waals surface area contributed by atoms with Gasteiger partial charge in [0, 0.05) is 86.4 Å². The summed E-state index contributed by atoms with van der Waals surface area (Å²) in [6.07, 6.45) is 2.46. The molecule has 6 heterocycles. The molecule has 9 N–H and O–H groups in total. The first-order valence-electron chi connectivity index (χ1n) is 36.2. The van der Waals surface area contributed by atoms with Crippen molar-refractivity contribution >= 4 is 91.7 Å². The van der Waals surface area contributed by atoms with Gasteiger partial charge in [-0.1, -0.05) is 75.8 Å². The number of imide groups is 1. The normalized spacial score (nSPS) is 25.0. The van der Waals surface area contributed by atoms with Gasteiger partial charge in [0.25, 0.3) is 17.7 Å². The van der Waals surface area contributed by atoms with E-state index >= 15 is 0 Å². The number of aromatic nitrogens is 4. The zero-order valence-electron chi connectivity index (χ0n) is 60.6. The maximum Gasteiger partial charge on any atom is 0.409 e. The Labute approximate surface area is 617 Å². The van der Waals surface area contributed by atoms with Crippen LogP contribution in [0, 0.1) is 29.1 Å². The van der Waals surface area contributed by atoms with Crippen LogP contribution in [0.15, 0.2) is 91.1 Å². The number of ether oxygens (including phenoxy) is 3. The third-order valence-electron chi connectivity index (χ3n) is 21.8. The quantitative estimate of drug-likeness (QED) is 0.0160. The van der Waals surface area contributed by atoms with Gasteiger partial charge in [0.05, 0.1) is 34.7 Å². The number of hydrogen-bond acceptors (Lipinski definition) is 20. The van der Waals surface area contributed by atoms with Gasteiger partial charge in [0.1, 0.15) is 42.8 Å². The summed E-state index contributed by atoms with van der Waals surface area (Å²) in [5.41, 5.74) is 5.35. The maximum atomic E-state index is 13.9. The molecule has 0 spiro atoms. The second-order valence-corrected chi connectivity index (χ2v) is 31.9. The molecule has 7 amide bonds. The highest BCUT2D eigenvalue weighted by Crippen LogP contribution is 2.72. The van der Waals surface area contributed by atoms with Crippen molar-refractivity contribution < 1.29 is 82.9 Å². The number of rotatable bonds is 29. The number of amides is 7. The van der Waals surface area contributed by atoms with Crippen LogP contribution in [0.1, 0.15) is 154 Å². The van der Waals surface area contributed by atoms with Gasteiger partial charge in [-0.15, -0.1) is 0 Å². The van der Waals surface area contributed by atoms with E-state index < -0.39 is 78.1 Å². The smallest absolute Gasteiger partial charge is 0.409 e. The van der Waals surface area contributed by atoms with Gasteiger partial charge in [0.15, 0.2) is 16.9 Å². The van der Waals surface area contributed by atoms with Crippen molar-refractivity contribution in [3.05, 3.63) is 130 Å². The van der Waals surface area contributed by atoms with E-state index in [1.807, 2.05) is 59.0 Å². The van der Waals surface area contributed by atoms with E-state index in [1.165, 1.54) is 35.3 Å². The fourth-order valence-electron chi connectivity index (χ4n) is 17.7. The van der Waals surface area contributed by atoms with Crippen molar-refractivity contribution in [2.45, 2.75) is 193 Å². The van der Waals surface area contributed by atoms with E-state index in [4.69, 9.17) is 24.3 Å². The highest BCUT2D eigenvalue weighted by atomic mass is 32.1. The van der Waals surface area contributed by atoms with E-state index in [9.17, 15) is 68.7 Å². The Morgan fingerprint density at radius 1 is 0.792 bits per heavy atom. The number of fused-ring (bicyclic) bond motifs is 2. The third-order valence-corrected chi connectivity index (χ3v) is 22.8. The molecule has 6 aromatic rings. The first-order valence-corrected chi connectivity index (χ1v) is 37.0. The Kier molecular flexibility index (Phi) is 22.4. The van der Waals surface area contributed by atoms with Crippen molar-refractivity contribution in [3.63, 3.8) is 0 Å². The molecule has 564 valence electrons. The number of carboxylic acid groups (broad SMARTS) is 2. The first kappa shape index (κ1) is 76.1. The molecule has 4 saturated carbocycles. The van der Waals surface area contributed by atoms with Crippen LogP contribution >= 0.6 is 11.3 Å². The van der Waals surface area contributed by atoms with Crippen LogP contribution in [0.2, 0.25) is 0 Å². The Morgan fingerprint density at radius 3 is 2.25 bits per heavy atom. The third kappa shape index (κ3) is 16.7. The number of anilines is 3. The number of aliphatic hydroxyl groups is 3. The van der Waals surface area contributed by atoms with Gasteiger partial charge in [-0.25, -0.2) is 24.4 Å². The number of likely N-dealkylation sites (N-methyl/N-ethyl adjacent to an activating group) is 1. The SMILES string of the molecule is Cc1c(-c2ccc(N3CCc4cccc(C(=O)Nc5nc6ccccc6s5)c4C3)nc2C(=O)O)cnn1CC12CC3(C)CC(C)(C1)CC(OCCN(C)C(=O)OCc1ccc(NC(=O)[C@H](C)NC(=O)[C@@H](NC(=O)CCCCCN4C(=O)C=CC4=O)C(C)C)cc1CC[C@@H]1O[C@H](C(=O)O)[C@@H](O)[C@H](O)[C@H]1O)(C3)C2. The van der Waals surface area contributed by atoms with Crippen LogP contribution in [-0.4, -0.2) is 190 Å². The summed E-state index contributed by atoms with van der Waals surface area (Å²) in [6, 6.07) is 19.7. The van der Waals surface area contributed by atoms with E-state index in [2.05, 4.69) is 40.1 Å². The summed E-state index contributed by atoms with van der Waals surface area (Å²) < 4.78 is 21.5. The molecular weight excluding hydrogens is 1380 g/mol. The minimum absolute atomic E-state index is 0.0316. The summed E-state index contributed by atoms with van der Waals surface area (Å²) in [5, 5.41) is 69.2. The zero-order chi connectivity index (χ0) is 75.7. The number of benzene rings is 3. The fraction of sp³-hybridized carbons (Fsp3) is 0.506. The standard InChI is InChI=1S/C77H93N11O17S/c1-43(2)61(83-58(89)18-9-8-12-28-87-59(90)25-26-60(87)91)69(97)79-44(3)67(95)80-49-21-19-48(47(32-49)20-23-55-63(92)64(93)65(94)66(105-55)71(100)101)35-103-73(102)85(7)30-31-104-77-39-74(5)36-75(6,40-77)38-76(37-74,41-77)42-88-45(4)52(33-78-88)50-22-24-57(82-62(50)70(98)99)86-29-27-46-14-13-15-51(53(46)34-86)68(96)84-72-81-54-16-10-11-17-56(54)106-72/h10-11,13-17,19,21-22,24-26,32-33,43-44,55,61,63-66,92-94H,8-9,12,18,20,23,27-31,34-42H2,1-7H3,(H,79,97)(H,80,95)(H,83,89)(H,98,99)(H,100,101)(H,81,84,96)/t44-,55-,61-,63-,64+,65-,66-,74?,75?,76?,77?/m0/s1.